The maximum atomic E-state index is 11.3. The first-order valence-corrected chi connectivity index (χ1v) is 10.4. The van der Waals surface area contributed by atoms with E-state index in [2.05, 4.69) is 33.8 Å². The summed E-state index contributed by atoms with van der Waals surface area (Å²) in [7, 11) is 1.74. The lowest BCUT2D eigenvalue weighted by Gasteiger charge is -2.38. The number of methoxy groups -OCH3 is 1. The van der Waals surface area contributed by atoms with Gasteiger partial charge in [-0.3, -0.25) is 14.6 Å². The molecule has 0 N–H and O–H groups in total. The van der Waals surface area contributed by atoms with Crippen LogP contribution in [0.1, 0.15) is 31.7 Å². The van der Waals surface area contributed by atoms with Gasteiger partial charge in [0.2, 0.25) is 0 Å². The van der Waals surface area contributed by atoms with Gasteiger partial charge in [-0.25, -0.2) is 0 Å². The second-order valence-electron chi connectivity index (χ2n) is 8.14. The lowest BCUT2D eigenvalue weighted by Crippen LogP contribution is -2.47. The summed E-state index contributed by atoms with van der Waals surface area (Å²) >= 11 is 0. The van der Waals surface area contributed by atoms with Crippen molar-refractivity contribution in [3.05, 3.63) is 23.8 Å². The maximum absolute atomic E-state index is 11.3. The second kappa shape index (κ2) is 9.56. The van der Waals surface area contributed by atoms with Crippen LogP contribution in [0.15, 0.2) is 18.2 Å². The van der Waals surface area contributed by atoms with Gasteiger partial charge in [0.15, 0.2) is 0 Å². The summed E-state index contributed by atoms with van der Waals surface area (Å²) in [5.41, 5.74) is 2.55. The summed E-state index contributed by atoms with van der Waals surface area (Å²) in [6.45, 7) is 12.3. The Kier molecular flexibility index (Phi) is 7.13. The minimum absolute atomic E-state index is 0.289. The summed E-state index contributed by atoms with van der Waals surface area (Å²) in [5, 5.41) is 0. The lowest BCUT2D eigenvalue weighted by atomic mass is 9.93. The molecule has 0 aromatic heterocycles. The number of piperazine rings is 1. The number of piperidine rings is 1. The normalized spacial score (nSPS) is 20.0. The number of anilines is 1. The van der Waals surface area contributed by atoms with E-state index in [9.17, 15) is 4.79 Å². The van der Waals surface area contributed by atoms with Gasteiger partial charge in [0.1, 0.15) is 11.5 Å². The molecule has 27 heavy (non-hydrogen) atoms. The highest BCUT2D eigenvalue weighted by Crippen LogP contribution is 2.29. The fourth-order valence-electron chi connectivity index (χ4n) is 4.49. The van der Waals surface area contributed by atoms with Gasteiger partial charge in [0.05, 0.1) is 13.7 Å². The van der Waals surface area contributed by atoms with E-state index < -0.39 is 0 Å². The zero-order chi connectivity index (χ0) is 19.2. The first-order chi connectivity index (χ1) is 13.1. The van der Waals surface area contributed by atoms with E-state index in [0.29, 0.717) is 6.54 Å². The van der Waals surface area contributed by atoms with Crippen LogP contribution in [0.25, 0.3) is 0 Å². The van der Waals surface area contributed by atoms with Crippen molar-refractivity contribution in [1.29, 1.82) is 0 Å². The van der Waals surface area contributed by atoms with Crippen molar-refractivity contribution in [3.8, 4) is 5.75 Å². The molecule has 5 heteroatoms. The fourth-order valence-corrected chi connectivity index (χ4v) is 4.49. The molecular weight excluding hydrogens is 338 g/mol. The number of hydrogen-bond donors (Lipinski definition) is 0. The van der Waals surface area contributed by atoms with Crippen LogP contribution in [0.2, 0.25) is 0 Å². The Morgan fingerprint density at radius 2 is 1.78 bits per heavy atom. The number of carbonyl (C=O) groups excluding carboxylic acids is 1. The van der Waals surface area contributed by atoms with Gasteiger partial charge in [-0.15, -0.1) is 0 Å². The minimum Gasteiger partial charge on any atom is -0.496 e. The SMILES string of the molecule is COc1cccc(N2CCN(CCC3CCN(CC(C)=O)CC3)CC2)c1C. The van der Waals surface area contributed by atoms with Crippen LogP contribution in [-0.4, -0.2) is 75.1 Å². The largest absolute Gasteiger partial charge is 0.496 e. The first kappa shape index (κ1) is 20.2. The summed E-state index contributed by atoms with van der Waals surface area (Å²) in [5.74, 6) is 2.09. The molecule has 0 bridgehead atoms. The predicted molar refractivity (Wildman–Crippen MR) is 111 cm³/mol. The monoisotopic (exact) mass is 373 g/mol. The summed E-state index contributed by atoms with van der Waals surface area (Å²) in [4.78, 5) is 18.7. The Morgan fingerprint density at radius 1 is 1.07 bits per heavy atom. The molecule has 0 aliphatic carbocycles. The van der Waals surface area contributed by atoms with Crippen molar-refractivity contribution in [2.24, 2.45) is 5.92 Å². The predicted octanol–water partition coefficient (Wildman–Crippen LogP) is 2.82. The average Bonchev–Trinajstić information content (AvgIpc) is 2.68. The van der Waals surface area contributed by atoms with Gasteiger partial charge in [0.25, 0.3) is 0 Å². The van der Waals surface area contributed by atoms with Gasteiger partial charge in [-0.05, 0) is 70.8 Å². The first-order valence-electron chi connectivity index (χ1n) is 10.4. The molecule has 0 spiro atoms. The van der Waals surface area contributed by atoms with E-state index in [1.165, 1.54) is 37.1 Å². The number of hydrogen-bond acceptors (Lipinski definition) is 5. The number of nitrogens with zero attached hydrogens (tertiary/aromatic N) is 3. The number of benzene rings is 1. The van der Waals surface area contributed by atoms with Crippen molar-refractivity contribution in [1.82, 2.24) is 9.80 Å². The van der Waals surface area contributed by atoms with Crippen LogP contribution in [0.3, 0.4) is 0 Å². The molecule has 2 saturated heterocycles. The highest BCUT2D eigenvalue weighted by Gasteiger charge is 2.23. The smallest absolute Gasteiger partial charge is 0.143 e. The Hall–Kier alpha value is -1.59. The molecule has 150 valence electrons. The molecule has 3 rings (SSSR count). The topological polar surface area (TPSA) is 36.0 Å². The quantitative estimate of drug-likeness (QED) is 0.734. The van der Waals surface area contributed by atoms with Crippen LogP contribution >= 0.6 is 0 Å². The zero-order valence-corrected chi connectivity index (χ0v) is 17.2. The van der Waals surface area contributed by atoms with Gasteiger partial charge in [0, 0.05) is 37.4 Å². The second-order valence-corrected chi connectivity index (χ2v) is 8.14. The van der Waals surface area contributed by atoms with E-state index in [1.54, 1.807) is 14.0 Å². The highest BCUT2D eigenvalue weighted by atomic mass is 16.5. The Morgan fingerprint density at radius 3 is 2.41 bits per heavy atom. The lowest BCUT2D eigenvalue weighted by molar-refractivity contribution is -0.118. The molecule has 1 aromatic carbocycles. The Bertz CT molecular complexity index is 618. The zero-order valence-electron chi connectivity index (χ0n) is 17.2. The molecule has 2 aliphatic heterocycles. The van der Waals surface area contributed by atoms with Crippen molar-refractivity contribution in [3.63, 3.8) is 0 Å². The van der Waals surface area contributed by atoms with E-state index in [1.807, 2.05) is 6.07 Å². The van der Waals surface area contributed by atoms with Crippen LogP contribution in [-0.2, 0) is 4.79 Å². The molecule has 0 unspecified atom stereocenters. The van der Waals surface area contributed by atoms with Crippen LogP contribution in [0, 0.1) is 12.8 Å². The van der Waals surface area contributed by atoms with Crippen molar-refractivity contribution in [2.75, 3.05) is 64.4 Å². The number of likely N-dealkylation sites (tertiary alicyclic amines) is 1. The molecule has 0 radical (unpaired) electrons. The molecule has 1 aromatic rings. The van der Waals surface area contributed by atoms with Crippen LogP contribution in [0.4, 0.5) is 5.69 Å². The van der Waals surface area contributed by atoms with Crippen molar-refractivity contribution < 1.29 is 9.53 Å². The van der Waals surface area contributed by atoms with Gasteiger partial charge < -0.3 is 9.64 Å². The number of rotatable bonds is 7. The van der Waals surface area contributed by atoms with Gasteiger partial charge in [-0.1, -0.05) is 6.07 Å². The highest BCUT2D eigenvalue weighted by molar-refractivity contribution is 5.77. The average molecular weight is 374 g/mol. The molecule has 5 nitrogen and oxygen atoms in total. The summed E-state index contributed by atoms with van der Waals surface area (Å²) in [6.07, 6.45) is 3.79. The minimum atomic E-state index is 0.289. The number of ketones is 1. The number of Topliss-reactive ketones (excluding diaryl/α,β-unsaturated/α-hetero) is 1. The fraction of sp³-hybridized carbons (Fsp3) is 0.682. The van der Waals surface area contributed by atoms with Gasteiger partial charge >= 0.3 is 0 Å². The van der Waals surface area contributed by atoms with Crippen LogP contribution in [0.5, 0.6) is 5.75 Å². The molecule has 0 atom stereocenters. The molecule has 0 saturated carbocycles. The Labute approximate surface area is 164 Å². The summed E-state index contributed by atoms with van der Waals surface area (Å²) in [6, 6.07) is 6.34. The number of carbonyl (C=O) groups is 1. The molecule has 2 heterocycles. The standard InChI is InChI=1S/C22H35N3O2/c1-18(26)17-24-11-8-20(9-12-24)7-10-23-13-15-25(16-14-23)21-5-4-6-22(27-3)19(21)2/h4-6,20H,7-17H2,1-3H3. The maximum Gasteiger partial charge on any atom is 0.143 e. The Balaban J connectivity index is 1.40. The van der Waals surface area contributed by atoms with E-state index in [0.717, 1.165) is 50.9 Å². The molecular formula is C22H35N3O2. The van der Waals surface area contributed by atoms with Crippen molar-refractivity contribution >= 4 is 11.5 Å². The molecule has 0 amide bonds. The third kappa shape index (κ3) is 5.45. The van der Waals surface area contributed by atoms with E-state index in [4.69, 9.17) is 4.74 Å². The third-order valence-corrected chi connectivity index (χ3v) is 6.20. The third-order valence-electron chi connectivity index (χ3n) is 6.20. The molecule has 2 fully saturated rings. The van der Waals surface area contributed by atoms with E-state index in [-0.39, 0.29) is 5.78 Å². The summed E-state index contributed by atoms with van der Waals surface area (Å²) < 4.78 is 5.47. The molecule has 2 aliphatic rings. The van der Waals surface area contributed by atoms with E-state index >= 15 is 0 Å². The van der Waals surface area contributed by atoms with Gasteiger partial charge in [-0.2, -0.15) is 0 Å². The van der Waals surface area contributed by atoms with Crippen LogP contribution < -0.4 is 9.64 Å². The van der Waals surface area contributed by atoms with Crippen molar-refractivity contribution in [2.45, 2.75) is 33.1 Å². The number of ether oxygens (including phenoxy) is 1.